The van der Waals surface area contributed by atoms with Crippen LogP contribution in [0.3, 0.4) is 0 Å². The van der Waals surface area contributed by atoms with Crippen molar-refractivity contribution in [2.24, 2.45) is 0 Å². The summed E-state index contributed by atoms with van der Waals surface area (Å²) in [5, 5.41) is 2.77. The van der Waals surface area contributed by atoms with Crippen LogP contribution in [0.4, 0.5) is 11.4 Å². The largest absolute Gasteiger partial charge is 0.479 e. The highest BCUT2D eigenvalue weighted by Crippen LogP contribution is 2.36. The predicted molar refractivity (Wildman–Crippen MR) is 119 cm³/mol. The maximum Gasteiger partial charge on any atom is 0.268 e. The van der Waals surface area contributed by atoms with Gasteiger partial charge in [-0.1, -0.05) is 12.2 Å². The summed E-state index contributed by atoms with van der Waals surface area (Å²) < 4.78 is 31.1. The Morgan fingerprint density at radius 2 is 1.84 bits per heavy atom. The first-order chi connectivity index (χ1) is 14.5. The van der Waals surface area contributed by atoms with Crippen molar-refractivity contribution < 1.29 is 22.7 Å². The van der Waals surface area contributed by atoms with Crippen LogP contribution >= 0.6 is 0 Å². The van der Waals surface area contributed by atoms with Crippen molar-refractivity contribution in [3.05, 3.63) is 60.2 Å². The van der Waals surface area contributed by atoms with Crippen LogP contribution in [0, 0.1) is 0 Å². The zero-order valence-corrected chi connectivity index (χ0v) is 18.7. The molecule has 1 heterocycles. The van der Waals surface area contributed by atoms with Crippen molar-refractivity contribution in [3.63, 3.8) is 0 Å². The van der Waals surface area contributed by atoms with Crippen LogP contribution in [-0.4, -0.2) is 51.3 Å². The minimum absolute atomic E-state index is 0.104. The van der Waals surface area contributed by atoms with E-state index in [-0.39, 0.29) is 10.8 Å². The van der Waals surface area contributed by atoms with Gasteiger partial charge in [-0.05, 0) is 50.2 Å². The van der Waals surface area contributed by atoms with Crippen molar-refractivity contribution in [2.75, 3.05) is 30.9 Å². The molecule has 0 aromatic heterocycles. The Hall–Kier alpha value is -3.17. The Labute approximate surface area is 182 Å². The van der Waals surface area contributed by atoms with Crippen LogP contribution in [0.1, 0.15) is 24.2 Å². The Bertz CT molecular complexity index is 1140. The number of carbonyl (C=O) groups is 2. The number of nitrogens with zero attached hydrogens (tertiary/aromatic N) is 2. The molecule has 0 aliphatic carbocycles. The summed E-state index contributed by atoms with van der Waals surface area (Å²) in [6, 6.07) is 10.7. The molecule has 0 saturated heterocycles. The van der Waals surface area contributed by atoms with Crippen molar-refractivity contribution in [1.82, 2.24) is 4.31 Å². The third-order valence-electron chi connectivity index (χ3n) is 4.75. The van der Waals surface area contributed by atoms with E-state index >= 15 is 0 Å². The number of nitrogens with one attached hydrogen (secondary N) is 1. The summed E-state index contributed by atoms with van der Waals surface area (Å²) in [6.07, 6.45) is -0.649. The third-order valence-corrected chi connectivity index (χ3v) is 6.58. The van der Waals surface area contributed by atoms with Gasteiger partial charge in [0.05, 0.1) is 10.6 Å². The van der Waals surface area contributed by atoms with Crippen LogP contribution in [0.5, 0.6) is 5.75 Å². The Kier molecular flexibility index (Phi) is 6.19. The summed E-state index contributed by atoms with van der Waals surface area (Å²) >= 11 is 0. The molecule has 0 radical (unpaired) electrons. The zero-order valence-electron chi connectivity index (χ0n) is 17.9. The number of carbonyl (C=O) groups excluding carboxylic acids is 2. The first-order valence-corrected chi connectivity index (χ1v) is 11.0. The number of benzene rings is 2. The fraction of sp³-hybridized carbons (Fsp3) is 0.273. The molecule has 2 aromatic carbocycles. The second-order valence-electron chi connectivity index (χ2n) is 7.59. The lowest BCUT2D eigenvalue weighted by Gasteiger charge is -2.33. The van der Waals surface area contributed by atoms with E-state index in [0.717, 1.165) is 9.88 Å². The van der Waals surface area contributed by atoms with E-state index in [1.165, 1.54) is 38.4 Å². The molecule has 1 N–H and O–H groups in total. The highest BCUT2D eigenvalue weighted by molar-refractivity contribution is 7.89. The van der Waals surface area contributed by atoms with Crippen LogP contribution in [0.15, 0.2) is 59.5 Å². The van der Waals surface area contributed by atoms with E-state index in [2.05, 4.69) is 11.9 Å². The molecule has 1 aliphatic rings. The Balaban J connectivity index is 1.81. The number of amides is 2. The van der Waals surface area contributed by atoms with Gasteiger partial charge >= 0.3 is 0 Å². The zero-order chi connectivity index (χ0) is 22.9. The van der Waals surface area contributed by atoms with E-state index in [0.29, 0.717) is 29.2 Å². The van der Waals surface area contributed by atoms with Crippen molar-refractivity contribution in [1.29, 1.82) is 0 Å². The van der Waals surface area contributed by atoms with Gasteiger partial charge in [0, 0.05) is 38.0 Å². The quantitative estimate of drug-likeness (QED) is 0.693. The van der Waals surface area contributed by atoms with Crippen molar-refractivity contribution in [3.8, 4) is 5.75 Å². The van der Waals surface area contributed by atoms with Gasteiger partial charge in [-0.15, -0.1) is 0 Å². The molecule has 0 saturated carbocycles. The summed E-state index contributed by atoms with van der Waals surface area (Å²) in [5.74, 6) is -0.0638. The van der Waals surface area contributed by atoms with E-state index in [1.54, 1.807) is 30.0 Å². The van der Waals surface area contributed by atoms with E-state index in [4.69, 9.17) is 4.74 Å². The summed E-state index contributed by atoms with van der Waals surface area (Å²) in [7, 11) is -0.677. The highest BCUT2D eigenvalue weighted by atomic mass is 32.2. The number of fused-ring (bicyclic) bond motifs is 1. The standard InChI is InChI=1S/C22H25N3O5S/c1-14(2)13-25-19-11-8-17(12-20(19)30-15(3)22(25)27)23-21(26)16-6-9-18(10-7-16)31(28,29)24(4)5/h6-12,15H,1,13H2,2-5H3,(H,23,26). The minimum Gasteiger partial charge on any atom is -0.479 e. The number of anilines is 2. The number of ether oxygens (including phenoxy) is 1. The van der Waals surface area contributed by atoms with Crippen molar-refractivity contribution in [2.45, 2.75) is 24.8 Å². The second-order valence-corrected chi connectivity index (χ2v) is 9.74. The molecule has 2 amide bonds. The lowest BCUT2D eigenvalue weighted by molar-refractivity contribution is -0.125. The lowest BCUT2D eigenvalue weighted by Crippen LogP contribution is -2.45. The minimum atomic E-state index is -3.57. The first-order valence-electron chi connectivity index (χ1n) is 9.61. The predicted octanol–water partition coefficient (Wildman–Crippen LogP) is 2.88. The lowest BCUT2D eigenvalue weighted by atomic mass is 10.1. The van der Waals surface area contributed by atoms with Crippen LogP contribution in [0.25, 0.3) is 0 Å². The number of hydrogen-bond acceptors (Lipinski definition) is 5. The van der Waals surface area contributed by atoms with Crippen LogP contribution < -0.4 is 15.0 Å². The molecule has 3 rings (SSSR count). The number of sulfonamides is 1. The van der Waals surface area contributed by atoms with Gasteiger partial charge in [0.25, 0.3) is 11.8 Å². The molecule has 1 unspecified atom stereocenters. The third kappa shape index (κ3) is 4.62. The second kappa shape index (κ2) is 8.52. The normalized spacial score (nSPS) is 16.0. The van der Waals surface area contributed by atoms with E-state index in [1.807, 2.05) is 6.92 Å². The smallest absolute Gasteiger partial charge is 0.268 e. The molecule has 1 atom stereocenters. The topological polar surface area (TPSA) is 96.0 Å². The molecule has 0 spiro atoms. The summed E-state index contributed by atoms with van der Waals surface area (Å²) in [6.45, 7) is 7.77. The maximum atomic E-state index is 12.6. The highest BCUT2D eigenvalue weighted by Gasteiger charge is 2.31. The van der Waals surface area contributed by atoms with Gasteiger partial charge in [0.2, 0.25) is 10.0 Å². The molecule has 1 aliphatic heterocycles. The molecular weight excluding hydrogens is 418 g/mol. The van der Waals surface area contributed by atoms with E-state index < -0.39 is 22.0 Å². The molecule has 9 heteroatoms. The van der Waals surface area contributed by atoms with Gasteiger partial charge < -0.3 is 15.0 Å². The van der Waals surface area contributed by atoms with Gasteiger partial charge in [-0.2, -0.15) is 0 Å². The Morgan fingerprint density at radius 3 is 2.42 bits per heavy atom. The van der Waals surface area contributed by atoms with E-state index in [9.17, 15) is 18.0 Å². The fourth-order valence-corrected chi connectivity index (χ4v) is 4.02. The summed E-state index contributed by atoms with van der Waals surface area (Å²) in [4.78, 5) is 26.8. The van der Waals surface area contributed by atoms with Gasteiger partial charge in [-0.25, -0.2) is 12.7 Å². The average molecular weight is 444 g/mol. The van der Waals surface area contributed by atoms with Gasteiger partial charge in [0.1, 0.15) is 5.75 Å². The molecular formula is C22H25N3O5S. The van der Waals surface area contributed by atoms with Crippen LogP contribution in [-0.2, 0) is 14.8 Å². The molecule has 0 bridgehead atoms. The molecule has 164 valence electrons. The first kappa shape index (κ1) is 22.5. The number of hydrogen-bond donors (Lipinski definition) is 1. The molecule has 31 heavy (non-hydrogen) atoms. The van der Waals surface area contributed by atoms with Crippen molar-refractivity contribution >= 4 is 33.2 Å². The number of rotatable bonds is 6. The maximum absolute atomic E-state index is 12.6. The monoisotopic (exact) mass is 443 g/mol. The summed E-state index contributed by atoms with van der Waals surface area (Å²) in [5.41, 5.74) is 2.25. The molecule has 0 fully saturated rings. The van der Waals surface area contributed by atoms with Crippen LogP contribution in [0.2, 0.25) is 0 Å². The van der Waals surface area contributed by atoms with Gasteiger partial charge in [-0.3, -0.25) is 9.59 Å². The Morgan fingerprint density at radius 1 is 1.19 bits per heavy atom. The van der Waals surface area contributed by atoms with Gasteiger partial charge in [0.15, 0.2) is 6.10 Å². The average Bonchev–Trinajstić information content (AvgIpc) is 2.71. The molecule has 2 aromatic rings. The molecule has 8 nitrogen and oxygen atoms in total. The fourth-order valence-electron chi connectivity index (χ4n) is 3.11. The SMILES string of the molecule is C=C(C)CN1C(=O)C(C)Oc2cc(NC(=O)c3ccc(S(=O)(=O)N(C)C)cc3)ccc21.